The van der Waals surface area contributed by atoms with Crippen molar-refractivity contribution in [3.05, 3.63) is 124 Å². The van der Waals surface area contributed by atoms with Crippen molar-refractivity contribution in [2.75, 3.05) is 73.5 Å². The van der Waals surface area contributed by atoms with Crippen LogP contribution < -0.4 is 26.2 Å². The van der Waals surface area contributed by atoms with Crippen LogP contribution in [0, 0.1) is 11.6 Å². The number of rotatable bonds is 17. The van der Waals surface area contributed by atoms with Gasteiger partial charge in [-0.25, -0.2) is 13.5 Å². The molecule has 1 atom stereocenters. The van der Waals surface area contributed by atoms with E-state index in [1.807, 2.05) is 35.2 Å². The summed E-state index contributed by atoms with van der Waals surface area (Å²) in [6, 6.07) is 18.5. The Hall–Kier alpha value is -8.11. The molecule has 3 saturated heterocycles. The molecular formula is C51H52F2N12O8. The van der Waals surface area contributed by atoms with Gasteiger partial charge in [0.05, 0.1) is 61.1 Å². The second-order valence-electron chi connectivity index (χ2n) is 18.4. The van der Waals surface area contributed by atoms with Crippen molar-refractivity contribution in [1.82, 2.24) is 40.3 Å². The molecule has 0 bridgehead atoms. The van der Waals surface area contributed by atoms with Crippen LogP contribution in [0.2, 0.25) is 0 Å². The first-order chi connectivity index (χ1) is 35.4. The fraction of sp³-hybridized carbons (Fsp3) is 0.353. The van der Waals surface area contributed by atoms with Gasteiger partial charge in [-0.05, 0) is 91.4 Å². The van der Waals surface area contributed by atoms with Gasteiger partial charge in [-0.2, -0.15) is 5.10 Å². The number of nitrogens with one attached hydrogen (secondary N) is 5. The van der Waals surface area contributed by atoms with Gasteiger partial charge < -0.3 is 35.2 Å². The van der Waals surface area contributed by atoms with Crippen molar-refractivity contribution in [2.24, 2.45) is 0 Å². The van der Waals surface area contributed by atoms with Gasteiger partial charge in [-0.3, -0.25) is 44.1 Å². The molecule has 0 aliphatic carbocycles. The number of hydrogen-bond donors (Lipinski definition) is 5. The second-order valence-corrected chi connectivity index (χ2v) is 18.4. The summed E-state index contributed by atoms with van der Waals surface area (Å²) in [5.74, 6) is -3.67. The summed E-state index contributed by atoms with van der Waals surface area (Å²) < 4.78 is 40.8. The molecule has 4 aliphatic heterocycles. The Morgan fingerprint density at radius 1 is 0.849 bits per heavy atom. The van der Waals surface area contributed by atoms with Crippen molar-refractivity contribution in [1.29, 1.82) is 0 Å². The van der Waals surface area contributed by atoms with Crippen LogP contribution in [0.15, 0.2) is 79.0 Å². The van der Waals surface area contributed by atoms with Gasteiger partial charge in [-0.1, -0.05) is 17.3 Å². The van der Waals surface area contributed by atoms with Crippen molar-refractivity contribution < 1.29 is 47.0 Å². The van der Waals surface area contributed by atoms with Crippen LogP contribution in [0.3, 0.4) is 0 Å². The highest BCUT2D eigenvalue weighted by atomic mass is 19.1. The van der Waals surface area contributed by atoms with Gasteiger partial charge in [0.2, 0.25) is 17.7 Å². The molecule has 378 valence electrons. The van der Waals surface area contributed by atoms with Crippen LogP contribution in [0.5, 0.6) is 0 Å². The quantitative estimate of drug-likeness (QED) is 0.0619. The summed E-state index contributed by atoms with van der Waals surface area (Å²) in [7, 11) is 0. The zero-order valence-electron chi connectivity index (χ0n) is 39.6. The minimum atomic E-state index is -1.07. The standard InChI is InChI=1S/C51H52F2N12O8/c52-32-23-31(24-33(53)26-32)22-30-4-7-40-39(25-30)47(60-59-40)57-48(68)37-6-5-36(27-42(37)55-34-10-18-72-19-11-34)62-13-15-63(16-14-62)45(67)12-20-73-21-17-64-29-35(58-61-64)28-54-41-3-1-2-38-46(41)51(71)65(50(38)70)43-8-9-44(66)56-49(43)69/h1-7,23-27,29,34,43,54-55H,8-22,28H2,(H,56,66,69)(H2,57,59,60,68). The summed E-state index contributed by atoms with van der Waals surface area (Å²) >= 11 is 0. The van der Waals surface area contributed by atoms with Crippen molar-refractivity contribution in [2.45, 2.75) is 63.7 Å². The number of piperazine rings is 1. The average Bonchev–Trinajstić information content (AvgIpc) is 4.08. The number of fused-ring (bicyclic) bond motifs is 2. The normalized spacial score (nSPS) is 17.3. The zero-order valence-corrected chi connectivity index (χ0v) is 39.6. The highest BCUT2D eigenvalue weighted by Crippen LogP contribution is 2.33. The van der Waals surface area contributed by atoms with E-state index >= 15 is 0 Å². The molecule has 0 spiro atoms. The number of hydrogen-bond acceptors (Lipinski definition) is 14. The highest BCUT2D eigenvalue weighted by molar-refractivity contribution is 6.25. The lowest BCUT2D eigenvalue weighted by Gasteiger charge is -2.36. The molecule has 6 heterocycles. The molecule has 20 nitrogen and oxygen atoms in total. The van der Waals surface area contributed by atoms with Gasteiger partial charge in [0.15, 0.2) is 5.82 Å². The molecule has 0 radical (unpaired) electrons. The fourth-order valence-electron chi connectivity index (χ4n) is 9.67. The molecule has 10 rings (SSSR count). The minimum absolute atomic E-state index is 0.0173. The average molecular weight is 999 g/mol. The second kappa shape index (κ2) is 21.3. The molecule has 3 fully saturated rings. The van der Waals surface area contributed by atoms with E-state index in [9.17, 15) is 37.5 Å². The van der Waals surface area contributed by atoms with Crippen LogP contribution in [0.4, 0.5) is 31.7 Å². The van der Waals surface area contributed by atoms with Crippen LogP contribution in [0.1, 0.15) is 80.0 Å². The number of carbonyl (C=O) groups is 6. The molecule has 4 aromatic carbocycles. The lowest BCUT2D eigenvalue weighted by Crippen LogP contribution is -2.54. The smallest absolute Gasteiger partial charge is 0.264 e. The number of halogens is 2. The van der Waals surface area contributed by atoms with E-state index in [-0.39, 0.29) is 74.4 Å². The number of benzene rings is 4. The Morgan fingerprint density at radius 3 is 2.45 bits per heavy atom. The first kappa shape index (κ1) is 48.5. The predicted octanol–water partition coefficient (Wildman–Crippen LogP) is 4.64. The zero-order chi connectivity index (χ0) is 50.6. The molecule has 4 aliphatic rings. The Labute approximate surface area is 416 Å². The van der Waals surface area contributed by atoms with Crippen molar-refractivity contribution in [3.8, 4) is 0 Å². The fourth-order valence-corrected chi connectivity index (χ4v) is 9.67. The number of aromatic nitrogens is 5. The molecule has 22 heteroatoms. The molecule has 5 N–H and O–H groups in total. The highest BCUT2D eigenvalue weighted by Gasteiger charge is 2.45. The van der Waals surface area contributed by atoms with Gasteiger partial charge >= 0.3 is 0 Å². The third-order valence-electron chi connectivity index (χ3n) is 13.5. The Bertz CT molecular complexity index is 3090. The van der Waals surface area contributed by atoms with Crippen molar-refractivity contribution in [3.63, 3.8) is 0 Å². The largest absolute Gasteiger partial charge is 0.381 e. The van der Waals surface area contributed by atoms with Crippen LogP contribution in [0.25, 0.3) is 10.9 Å². The molecular weight excluding hydrogens is 947 g/mol. The number of amides is 6. The summed E-state index contributed by atoms with van der Waals surface area (Å²) in [6.45, 7) is 4.49. The number of carbonyl (C=O) groups excluding carboxylic acids is 6. The maximum Gasteiger partial charge on any atom is 0.264 e. The molecule has 0 saturated carbocycles. The van der Waals surface area contributed by atoms with Crippen molar-refractivity contribution >= 4 is 69.2 Å². The number of anilines is 4. The number of ether oxygens (including phenoxy) is 2. The lowest BCUT2D eigenvalue weighted by atomic mass is 10.0. The van der Waals surface area contributed by atoms with Crippen LogP contribution in [-0.2, 0) is 43.4 Å². The first-order valence-electron chi connectivity index (χ1n) is 24.2. The van der Waals surface area contributed by atoms with E-state index < -0.39 is 41.3 Å². The Kier molecular flexibility index (Phi) is 14.2. The van der Waals surface area contributed by atoms with E-state index in [1.54, 1.807) is 29.1 Å². The first-order valence-corrected chi connectivity index (χ1v) is 24.2. The number of H-pyrrole nitrogens is 1. The van der Waals surface area contributed by atoms with Gasteiger partial charge in [0, 0.05) is 80.4 Å². The van der Waals surface area contributed by atoms with E-state index in [0.717, 1.165) is 35.1 Å². The summed E-state index contributed by atoms with van der Waals surface area (Å²) in [4.78, 5) is 83.0. The van der Waals surface area contributed by atoms with E-state index in [2.05, 4.69) is 46.7 Å². The number of nitrogens with zero attached hydrogens (tertiary/aromatic N) is 7. The molecule has 2 aromatic heterocycles. The number of aromatic amines is 1. The predicted molar refractivity (Wildman–Crippen MR) is 262 cm³/mol. The third kappa shape index (κ3) is 10.9. The number of piperidine rings is 1. The van der Waals surface area contributed by atoms with Gasteiger partial charge in [0.1, 0.15) is 23.4 Å². The Morgan fingerprint density at radius 2 is 1.66 bits per heavy atom. The molecule has 6 aromatic rings. The maximum atomic E-state index is 14.0. The van der Waals surface area contributed by atoms with E-state index in [1.165, 1.54) is 18.2 Å². The topological polar surface area (TPSA) is 238 Å². The van der Waals surface area contributed by atoms with Crippen LogP contribution in [-0.4, -0.2) is 135 Å². The SMILES string of the molecule is O=C1CCC(N2C(=O)c3cccc(NCc4cn(CCOCCC(=O)N5CCN(c6ccc(C(=O)Nc7n[nH]c8ccc(Cc9cc(F)cc(F)c9)cc78)c(NC7CCOCC7)c6)CC5)nn4)c3C2=O)C(=O)N1. The lowest BCUT2D eigenvalue weighted by molar-refractivity contribution is -0.136. The third-order valence-corrected chi connectivity index (χ3v) is 13.5. The van der Waals surface area contributed by atoms with Gasteiger partial charge in [-0.15, -0.1) is 5.10 Å². The van der Waals surface area contributed by atoms with Gasteiger partial charge in [0.25, 0.3) is 17.7 Å². The molecule has 6 amide bonds. The Balaban J connectivity index is 0.690. The number of imide groups is 2. The van der Waals surface area contributed by atoms with E-state index in [4.69, 9.17) is 9.47 Å². The molecule has 1 unspecified atom stereocenters. The summed E-state index contributed by atoms with van der Waals surface area (Å²) in [5.41, 5.74) is 5.25. The molecule has 73 heavy (non-hydrogen) atoms. The maximum absolute atomic E-state index is 14.0. The van der Waals surface area contributed by atoms with E-state index in [0.29, 0.717) is 90.9 Å². The summed E-state index contributed by atoms with van der Waals surface area (Å²) in [5, 5.41) is 28.3. The minimum Gasteiger partial charge on any atom is -0.381 e. The summed E-state index contributed by atoms with van der Waals surface area (Å²) in [6.07, 6.45) is 3.87. The van der Waals surface area contributed by atoms with Crippen LogP contribution >= 0.6 is 0 Å². The monoisotopic (exact) mass is 998 g/mol.